The first-order chi connectivity index (χ1) is 16.5. The van der Waals surface area contributed by atoms with E-state index in [0.717, 1.165) is 47.9 Å². The van der Waals surface area contributed by atoms with Crippen molar-refractivity contribution in [2.75, 3.05) is 31.1 Å². The van der Waals surface area contributed by atoms with Gasteiger partial charge in [0.1, 0.15) is 0 Å². The van der Waals surface area contributed by atoms with Crippen LogP contribution in [0.4, 0.5) is 13.2 Å². The lowest BCUT2D eigenvalue weighted by Gasteiger charge is -2.38. The first-order valence-electron chi connectivity index (χ1n) is 13.1. The fraction of sp³-hybridized carbons (Fsp3) is 0.808. The molecular weight excluding hydrogens is 473 g/mol. The van der Waals surface area contributed by atoms with E-state index in [0.29, 0.717) is 24.1 Å². The fourth-order valence-corrected chi connectivity index (χ4v) is 7.86. The molecule has 1 aromatic rings. The first kappa shape index (κ1) is 27.0. The fourth-order valence-electron chi connectivity index (χ4n) is 6.11. The van der Waals surface area contributed by atoms with Crippen molar-refractivity contribution in [2.45, 2.75) is 83.5 Å². The molecule has 3 atom stereocenters. The van der Waals surface area contributed by atoms with Crippen LogP contribution in [0.5, 0.6) is 0 Å². The highest BCUT2D eigenvalue weighted by molar-refractivity contribution is 7.86. The molecule has 3 heterocycles. The zero-order chi connectivity index (χ0) is 25.4. The Morgan fingerprint density at radius 2 is 1.94 bits per heavy atom. The van der Waals surface area contributed by atoms with Crippen molar-refractivity contribution in [3.8, 4) is 0 Å². The summed E-state index contributed by atoms with van der Waals surface area (Å²) in [5.41, 5.74) is 0.339. The standard InChI is InChI=1S/C14H22F3N3.C12H19NOS/c1-4-11(6-8-20(18)10(2)3)13-9-12(5-7-19-13)14(15,16)17;14-15-7-12(8-15)1-2-13(6-12)11-4-9-3-10(9)5-11/h5,7,9-11H,4,6,8,18H2,1-3H3;9-11H,1-8H2. The highest BCUT2D eigenvalue weighted by Gasteiger charge is 2.53. The Morgan fingerprint density at radius 1 is 1.26 bits per heavy atom. The summed E-state index contributed by atoms with van der Waals surface area (Å²) in [6, 6.07) is 3.26. The van der Waals surface area contributed by atoms with E-state index < -0.39 is 22.5 Å². The van der Waals surface area contributed by atoms with Crippen LogP contribution < -0.4 is 5.84 Å². The molecule has 2 saturated carbocycles. The quantitative estimate of drug-likeness (QED) is 0.418. The van der Waals surface area contributed by atoms with Gasteiger partial charge in [-0.2, -0.15) is 13.2 Å². The van der Waals surface area contributed by atoms with Crippen LogP contribution in [0.15, 0.2) is 18.3 Å². The predicted molar refractivity (Wildman–Crippen MR) is 134 cm³/mol. The zero-order valence-electron chi connectivity index (χ0n) is 21.3. The normalized spacial score (nSPS) is 32.9. The van der Waals surface area contributed by atoms with Gasteiger partial charge in [-0.05, 0) is 82.9 Å². The molecule has 0 amide bonds. The third kappa shape index (κ3) is 6.65. The Morgan fingerprint density at radius 3 is 2.51 bits per heavy atom. The van der Waals surface area contributed by atoms with Crippen LogP contribution in [0, 0.1) is 17.3 Å². The molecule has 0 bridgehead atoms. The number of nitrogens with two attached hydrogens (primary N) is 1. The molecule has 3 unspecified atom stereocenters. The highest BCUT2D eigenvalue weighted by atomic mass is 32.2. The summed E-state index contributed by atoms with van der Waals surface area (Å²) in [4.78, 5) is 6.81. The molecule has 1 spiro atoms. The summed E-state index contributed by atoms with van der Waals surface area (Å²) in [5, 5.41) is 1.69. The van der Waals surface area contributed by atoms with Gasteiger partial charge < -0.3 is 0 Å². The van der Waals surface area contributed by atoms with Crippen molar-refractivity contribution in [2.24, 2.45) is 23.1 Å². The van der Waals surface area contributed by atoms with Crippen LogP contribution in [-0.4, -0.2) is 62.3 Å². The minimum absolute atomic E-state index is 0.0119. The van der Waals surface area contributed by atoms with Crippen LogP contribution in [0.2, 0.25) is 0 Å². The average Bonchev–Trinajstić information content (AvgIpc) is 3.18. The van der Waals surface area contributed by atoms with Gasteiger partial charge >= 0.3 is 6.18 Å². The smallest absolute Gasteiger partial charge is 0.300 e. The van der Waals surface area contributed by atoms with Gasteiger partial charge in [0.15, 0.2) is 0 Å². The number of aromatic nitrogens is 1. The van der Waals surface area contributed by atoms with Gasteiger partial charge in [0.25, 0.3) is 0 Å². The van der Waals surface area contributed by atoms with E-state index in [1.54, 1.807) is 5.01 Å². The van der Waals surface area contributed by atoms with E-state index >= 15 is 0 Å². The predicted octanol–water partition coefficient (Wildman–Crippen LogP) is 4.81. The summed E-state index contributed by atoms with van der Waals surface area (Å²) >= 11 is 0. The lowest BCUT2D eigenvalue weighted by molar-refractivity contribution is -0.137. The molecule has 4 aliphatic rings. The molecule has 4 fully saturated rings. The van der Waals surface area contributed by atoms with Gasteiger partial charge in [0, 0.05) is 70.7 Å². The second-order valence-corrected chi connectivity index (χ2v) is 13.0. The minimum Gasteiger partial charge on any atom is -0.300 e. The summed E-state index contributed by atoms with van der Waals surface area (Å²) in [6.45, 7) is 9.09. The van der Waals surface area contributed by atoms with E-state index in [-0.39, 0.29) is 12.0 Å². The largest absolute Gasteiger partial charge is 0.416 e. The molecule has 0 aromatic carbocycles. The Hall–Kier alpha value is -1.03. The Kier molecular flexibility index (Phi) is 8.30. The summed E-state index contributed by atoms with van der Waals surface area (Å²) in [7, 11) is -0.462. The Labute approximate surface area is 210 Å². The number of halogens is 3. The monoisotopic (exact) mass is 514 g/mol. The van der Waals surface area contributed by atoms with Crippen LogP contribution in [-0.2, 0) is 17.0 Å². The number of rotatable bonds is 7. The highest BCUT2D eigenvalue weighted by Crippen LogP contribution is 2.54. The lowest BCUT2D eigenvalue weighted by atomic mass is 9.91. The van der Waals surface area contributed by atoms with Gasteiger partial charge in [-0.3, -0.25) is 19.9 Å². The molecule has 5 nitrogen and oxygen atoms in total. The summed E-state index contributed by atoms with van der Waals surface area (Å²) in [5.74, 6) is 10.0. The topological polar surface area (TPSA) is 62.5 Å². The summed E-state index contributed by atoms with van der Waals surface area (Å²) in [6.07, 6.45) is 4.13. The average molecular weight is 515 g/mol. The maximum Gasteiger partial charge on any atom is 0.416 e. The molecule has 9 heteroatoms. The number of hydrogen-bond acceptors (Lipinski definition) is 5. The molecule has 35 heavy (non-hydrogen) atoms. The van der Waals surface area contributed by atoms with Crippen LogP contribution >= 0.6 is 0 Å². The van der Waals surface area contributed by atoms with E-state index in [4.69, 9.17) is 5.84 Å². The number of hydrazine groups is 1. The molecule has 2 aliphatic carbocycles. The van der Waals surface area contributed by atoms with Crippen LogP contribution in [0.25, 0.3) is 0 Å². The van der Waals surface area contributed by atoms with E-state index in [2.05, 4.69) is 9.88 Å². The van der Waals surface area contributed by atoms with E-state index in [1.807, 2.05) is 20.8 Å². The summed E-state index contributed by atoms with van der Waals surface area (Å²) < 4.78 is 49.3. The van der Waals surface area contributed by atoms with E-state index in [1.165, 1.54) is 45.0 Å². The van der Waals surface area contributed by atoms with E-state index in [9.17, 15) is 17.4 Å². The van der Waals surface area contributed by atoms with Crippen molar-refractivity contribution >= 4 is 10.8 Å². The molecule has 2 aliphatic heterocycles. The number of fused-ring (bicyclic) bond motifs is 1. The SMILES string of the molecule is CCC(CCN(N)C(C)C)c1cc(C(F)(F)F)ccn1.O=S1CC2(CCN(C3CC4CC4C3)C2)C1. The zero-order valence-corrected chi connectivity index (χ0v) is 22.1. The number of hydrogen-bond donors (Lipinski definition) is 1. The number of alkyl halides is 3. The maximum absolute atomic E-state index is 12.7. The van der Waals surface area contributed by atoms with Gasteiger partial charge in [-0.15, -0.1) is 0 Å². The third-order valence-corrected chi connectivity index (χ3v) is 10.4. The van der Waals surface area contributed by atoms with Gasteiger partial charge in [0.05, 0.1) is 5.56 Å². The molecule has 0 radical (unpaired) electrons. The van der Waals surface area contributed by atoms with Crippen molar-refractivity contribution in [3.05, 3.63) is 29.6 Å². The molecular formula is C26H41F3N4OS. The van der Waals surface area contributed by atoms with Crippen molar-refractivity contribution in [3.63, 3.8) is 0 Å². The van der Waals surface area contributed by atoms with Crippen LogP contribution in [0.1, 0.15) is 76.5 Å². The molecule has 2 saturated heterocycles. The second-order valence-electron chi connectivity index (χ2n) is 11.5. The molecule has 2 N–H and O–H groups in total. The lowest BCUT2D eigenvalue weighted by Crippen LogP contribution is -2.47. The minimum atomic E-state index is -4.33. The molecule has 1 aromatic heterocycles. The van der Waals surface area contributed by atoms with Gasteiger partial charge in [-0.1, -0.05) is 6.92 Å². The maximum atomic E-state index is 12.7. The Bertz CT molecular complexity index is 878. The molecule has 198 valence electrons. The van der Waals surface area contributed by atoms with Crippen molar-refractivity contribution in [1.29, 1.82) is 0 Å². The number of nitrogens with zero attached hydrogens (tertiary/aromatic N) is 3. The van der Waals surface area contributed by atoms with Gasteiger partial charge in [0.2, 0.25) is 0 Å². The second kappa shape index (κ2) is 10.8. The number of likely N-dealkylation sites (tertiary alicyclic amines) is 1. The van der Waals surface area contributed by atoms with Crippen molar-refractivity contribution in [1.82, 2.24) is 14.9 Å². The van der Waals surface area contributed by atoms with Crippen LogP contribution in [0.3, 0.4) is 0 Å². The molecule has 5 rings (SSSR count). The van der Waals surface area contributed by atoms with Gasteiger partial charge in [-0.25, -0.2) is 5.01 Å². The first-order valence-corrected chi connectivity index (χ1v) is 14.6. The number of pyridine rings is 1. The Balaban J connectivity index is 0.000000170. The van der Waals surface area contributed by atoms with Crippen molar-refractivity contribution < 1.29 is 17.4 Å². The third-order valence-electron chi connectivity index (χ3n) is 8.56.